The fourth-order valence-corrected chi connectivity index (χ4v) is 3.21. The Bertz CT molecular complexity index is 602. The summed E-state index contributed by atoms with van der Waals surface area (Å²) in [5.41, 5.74) is 1.29. The molecule has 1 aliphatic heterocycles. The first kappa shape index (κ1) is 16.0. The maximum atomic E-state index is 12.4. The Hall–Kier alpha value is -1.88. The van der Waals surface area contributed by atoms with Gasteiger partial charge in [0.15, 0.2) is 0 Å². The van der Waals surface area contributed by atoms with Crippen molar-refractivity contribution in [2.45, 2.75) is 32.2 Å². The highest BCUT2D eigenvalue weighted by atomic mass is 16.2. The Morgan fingerprint density at radius 3 is 2.78 bits per heavy atom. The lowest BCUT2D eigenvalue weighted by Gasteiger charge is -2.30. The summed E-state index contributed by atoms with van der Waals surface area (Å²) >= 11 is 0. The van der Waals surface area contributed by atoms with Crippen LogP contribution in [0.5, 0.6) is 0 Å². The number of carbonyl (C=O) groups is 2. The number of nitrogens with zero attached hydrogens (tertiary/aromatic N) is 1. The number of carbonyl (C=O) groups excluding carboxylic acids is 2. The van der Waals surface area contributed by atoms with Gasteiger partial charge in [-0.15, -0.1) is 0 Å². The molecule has 0 radical (unpaired) electrons. The molecule has 1 aromatic rings. The molecule has 5 nitrogen and oxygen atoms in total. The Morgan fingerprint density at radius 2 is 2.09 bits per heavy atom. The molecule has 0 bridgehead atoms. The van der Waals surface area contributed by atoms with Crippen LogP contribution in [-0.4, -0.2) is 42.9 Å². The summed E-state index contributed by atoms with van der Waals surface area (Å²) in [6.45, 7) is 4.06. The summed E-state index contributed by atoms with van der Waals surface area (Å²) in [5, 5.41) is 6.01. The molecule has 2 aliphatic rings. The highest BCUT2D eigenvalue weighted by Crippen LogP contribution is 2.38. The van der Waals surface area contributed by atoms with E-state index in [0.29, 0.717) is 17.2 Å². The van der Waals surface area contributed by atoms with Crippen LogP contribution in [-0.2, 0) is 4.79 Å². The molecule has 1 saturated carbocycles. The molecule has 5 heteroatoms. The van der Waals surface area contributed by atoms with E-state index < -0.39 is 0 Å². The molecule has 1 aliphatic carbocycles. The van der Waals surface area contributed by atoms with Crippen LogP contribution >= 0.6 is 0 Å². The fraction of sp³-hybridized carbons (Fsp3) is 0.556. The summed E-state index contributed by atoms with van der Waals surface area (Å²) in [5.74, 6) is 0.597. The lowest BCUT2D eigenvalue weighted by molar-refractivity contribution is -0.117. The van der Waals surface area contributed by atoms with Crippen LogP contribution in [0.2, 0.25) is 0 Å². The van der Waals surface area contributed by atoms with Crippen LogP contribution in [0.1, 0.15) is 36.5 Å². The third kappa shape index (κ3) is 4.10. The van der Waals surface area contributed by atoms with Gasteiger partial charge in [-0.2, -0.15) is 0 Å². The van der Waals surface area contributed by atoms with Crippen molar-refractivity contribution in [3.05, 3.63) is 29.8 Å². The molecule has 2 amide bonds. The van der Waals surface area contributed by atoms with Gasteiger partial charge in [0.25, 0.3) is 5.91 Å². The third-order valence-electron chi connectivity index (χ3n) is 4.80. The fourth-order valence-electron chi connectivity index (χ4n) is 3.21. The van der Waals surface area contributed by atoms with E-state index in [0.717, 1.165) is 32.4 Å². The van der Waals surface area contributed by atoms with Crippen LogP contribution in [0.15, 0.2) is 24.3 Å². The number of benzene rings is 1. The zero-order chi connectivity index (χ0) is 16.4. The minimum atomic E-state index is -0.0683. The molecular weight excluding hydrogens is 290 g/mol. The molecule has 1 saturated heterocycles. The summed E-state index contributed by atoms with van der Waals surface area (Å²) in [4.78, 5) is 26.7. The van der Waals surface area contributed by atoms with Crippen molar-refractivity contribution in [3.8, 4) is 0 Å². The second kappa shape index (κ2) is 6.71. The van der Waals surface area contributed by atoms with Gasteiger partial charge in [0.1, 0.15) is 0 Å². The van der Waals surface area contributed by atoms with Crippen LogP contribution < -0.4 is 10.6 Å². The third-order valence-corrected chi connectivity index (χ3v) is 4.80. The molecule has 3 atom stereocenters. The smallest absolute Gasteiger partial charge is 0.251 e. The van der Waals surface area contributed by atoms with Gasteiger partial charge < -0.3 is 15.5 Å². The lowest BCUT2D eigenvalue weighted by atomic mass is 10.1. The molecule has 0 unspecified atom stereocenters. The van der Waals surface area contributed by atoms with E-state index >= 15 is 0 Å². The van der Waals surface area contributed by atoms with Crippen molar-refractivity contribution < 1.29 is 9.59 Å². The number of anilines is 1. The van der Waals surface area contributed by atoms with E-state index in [-0.39, 0.29) is 23.8 Å². The van der Waals surface area contributed by atoms with Crippen molar-refractivity contribution in [2.24, 2.45) is 11.8 Å². The van der Waals surface area contributed by atoms with E-state index in [2.05, 4.69) is 29.5 Å². The first-order valence-corrected chi connectivity index (χ1v) is 8.43. The van der Waals surface area contributed by atoms with Gasteiger partial charge in [-0.05, 0) is 57.0 Å². The Kier molecular flexibility index (Phi) is 4.66. The monoisotopic (exact) mass is 315 g/mol. The highest BCUT2D eigenvalue weighted by Gasteiger charge is 2.39. The minimum Gasteiger partial charge on any atom is -0.348 e. The van der Waals surface area contributed by atoms with Gasteiger partial charge in [-0.3, -0.25) is 9.59 Å². The topological polar surface area (TPSA) is 61.4 Å². The van der Waals surface area contributed by atoms with Crippen LogP contribution in [0.4, 0.5) is 5.69 Å². The standard InChI is InChI=1S/C18H25N3O2/c1-12-9-16(12)18(23)19-14-6-3-5-13(10-14)17(22)20-15-7-4-8-21(2)11-15/h3,5-6,10,12,15-16H,4,7-9,11H2,1-2H3,(H,19,23)(H,20,22)/t12-,15+,16-/m1/s1. The van der Waals surface area contributed by atoms with Crippen LogP contribution in [0.3, 0.4) is 0 Å². The molecule has 1 aromatic carbocycles. The van der Waals surface area contributed by atoms with Gasteiger partial charge in [0.2, 0.25) is 5.91 Å². The minimum absolute atomic E-state index is 0.0592. The number of likely N-dealkylation sites (tertiary alicyclic amines) is 1. The summed E-state index contributed by atoms with van der Waals surface area (Å²) in [7, 11) is 2.08. The van der Waals surface area contributed by atoms with Crippen molar-refractivity contribution in [2.75, 3.05) is 25.5 Å². The normalized spacial score (nSPS) is 27.3. The quantitative estimate of drug-likeness (QED) is 0.894. The summed E-state index contributed by atoms with van der Waals surface area (Å²) in [6.07, 6.45) is 3.09. The Labute approximate surface area is 137 Å². The van der Waals surface area contributed by atoms with Crippen molar-refractivity contribution >= 4 is 17.5 Å². The zero-order valence-electron chi connectivity index (χ0n) is 13.8. The van der Waals surface area contributed by atoms with Gasteiger partial charge >= 0.3 is 0 Å². The van der Waals surface area contributed by atoms with Crippen molar-refractivity contribution in [1.29, 1.82) is 0 Å². The number of nitrogens with one attached hydrogen (secondary N) is 2. The van der Waals surface area contributed by atoms with Gasteiger partial charge in [0, 0.05) is 29.8 Å². The Balaban J connectivity index is 1.59. The maximum Gasteiger partial charge on any atom is 0.251 e. The molecule has 0 aromatic heterocycles. The first-order valence-electron chi connectivity index (χ1n) is 8.43. The number of piperidine rings is 1. The van der Waals surface area contributed by atoms with Crippen molar-refractivity contribution in [3.63, 3.8) is 0 Å². The zero-order valence-corrected chi connectivity index (χ0v) is 13.8. The van der Waals surface area contributed by atoms with Crippen LogP contribution in [0, 0.1) is 11.8 Å². The average Bonchev–Trinajstić information content (AvgIpc) is 3.25. The lowest BCUT2D eigenvalue weighted by Crippen LogP contribution is -2.46. The number of likely N-dealkylation sites (N-methyl/N-ethyl adjacent to an activating group) is 1. The van der Waals surface area contributed by atoms with Gasteiger partial charge in [-0.1, -0.05) is 13.0 Å². The highest BCUT2D eigenvalue weighted by molar-refractivity contribution is 5.98. The van der Waals surface area contributed by atoms with E-state index in [1.165, 1.54) is 0 Å². The van der Waals surface area contributed by atoms with Crippen LogP contribution in [0.25, 0.3) is 0 Å². The van der Waals surface area contributed by atoms with Gasteiger partial charge in [-0.25, -0.2) is 0 Å². The maximum absolute atomic E-state index is 12.4. The van der Waals surface area contributed by atoms with E-state index in [4.69, 9.17) is 0 Å². The molecular formula is C18H25N3O2. The van der Waals surface area contributed by atoms with E-state index in [1.807, 2.05) is 12.1 Å². The predicted octanol–water partition coefficient (Wildman–Crippen LogP) is 2.11. The molecule has 23 heavy (non-hydrogen) atoms. The summed E-state index contributed by atoms with van der Waals surface area (Å²) < 4.78 is 0. The molecule has 124 valence electrons. The van der Waals surface area contributed by atoms with E-state index in [9.17, 15) is 9.59 Å². The first-order chi connectivity index (χ1) is 11.0. The Morgan fingerprint density at radius 1 is 1.30 bits per heavy atom. The molecule has 3 rings (SSSR count). The predicted molar refractivity (Wildman–Crippen MR) is 90.3 cm³/mol. The molecule has 1 heterocycles. The number of amides is 2. The number of hydrogen-bond donors (Lipinski definition) is 2. The second-order valence-electron chi connectivity index (χ2n) is 6.96. The number of rotatable bonds is 4. The summed E-state index contributed by atoms with van der Waals surface area (Å²) in [6, 6.07) is 7.39. The van der Waals surface area contributed by atoms with Gasteiger partial charge in [0.05, 0.1) is 0 Å². The number of hydrogen-bond acceptors (Lipinski definition) is 3. The van der Waals surface area contributed by atoms with Crippen molar-refractivity contribution in [1.82, 2.24) is 10.2 Å². The molecule has 2 fully saturated rings. The molecule has 2 N–H and O–H groups in total. The second-order valence-corrected chi connectivity index (χ2v) is 6.96. The average molecular weight is 315 g/mol. The largest absolute Gasteiger partial charge is 0.348 e. The van der Waals surface area contributed by atoms with E-state index in [1.54, 1.807) is 12.1 Å². The molecule has 0 spiro atoms. The SMILES string of the molecule is C[C@@H]1C[C@H]1C(=O)Nc1cccc(C(=O)N[C@H]2CCCN(C)C2)c1.